The minimum absolute atomic E-state index is 0.165. The molecule has 0 aromatic heterocycles. The molecule has 2 rings (SSSR count). The molecule has 108 valence electrons. The van der Waals surface area contributed by atoms with E-state index >= 15 is 0 Å². The Hall–Kier alpha value is -2.21. The summed E-state index contributed by atoms with van der Waals surface area (Å²) in [6.45, 7) is 0. The smallest absolute Gasteiger partial charge is 0.330 e. The van der Waals surface area contributed by atoms with Crippen molar-refractivity contribution in [3.63, 3.8) is 0 Å². The maximum absolute atomic E-state index is 13.0. The molecule has 0 fully saturated rings. The van der Waals surface area contributed by atoms with Gasteiger partial charge in [-0.2, -0.15) is 0 Å². The summed E-state index contributed by atoms with van der Waals surface area (Å²) in [6, 6.07) is 10.7. The van der Waals surface area contributed by atoms with Crippen LogP contribution in [0.5, 0.6) is 0 Å². The number of hydrogen-bond acceptors (Lipinski definition) is 2. The van der Waals surface area contributed by atoms with E-state index in [-0.39, 0.29) is 10.0 Å². The highest BCUT2D eigenvalue weighted by molar-refractivity contribution is 9.10. The first-order chi connectivity index (χ1) is 9.99. The highest BCUT2D eigenvalue weighted by atomic mass is 79.9. The van der Waals surface area contributed by atoms with E-state index in [1.165, 1.54) is 6.07 Å². The van der Waals surface area contributed by atoms with Crippen molar-refractivity contribution in [2.24, 2.45) is 0 Å². The van der Waals surface area contributed by atoms with Gasteiger partial charge < -0.3 is 10.4 Å². The largest absolute Gasteiger partial charge is 0.479 e. The summed E-state index contributed by atoms with van der Waals surface area (Å²) in [5.74, 6) is -2.26. The molecule has 0 aliphatic rings. The molecule has 0 bridgehead atoms. The number of carbonyl (C=O) groups is 2. The van der Waals surface area contributed by atoms with Gasteiger partial charge in [-0.05, 0) is 39.7 Å². The van der Waals surface area contributed by atoms with Gasteiger partial charge in [-0.15, -0.1) is 0 Å². The molecule has 1 atom stereocenters. The average Bonchev–Trinajstić information content (AvgIpc) is 2.45. The lowest BCUT2D eigenvalue weighted by Crippen LogP contribution is -2.33. The molecule has 2 aromatic rings. The van der Waals surface area contributed by atoms with E-state index in [2.05, 4.69) is 21.2 Å². The van der Waals surface area contributed by atoms with Gasteiger partial charge in [-0.25, -0.2) is 9.18 Å². The molecule has 4 nitrogen and oxygen atoms in total. The second-order valence-electron chi connectivity index (χ2n) is 4.28. The summed E-state index contributed by atoms with van der Waals surface area (Å²) in [7, 11) is 0. The molecular weight excluding hydrogens is 341 g/mol. The lowest BCUT2D eigenvalue weighted by atomic mass is 10.1. The SMILES string of the molecule is O=C(N[C@H](C(=O)O)c1ccccc1)c1ccc(F)cc1Br. The van der Waals surface area contributed by atoms with Crippen molar-refractivity contribution in [1.82, 2.24) is 5.32 Å². The predicted molar refractivity (Wildman–Crippen MR) is 78.4 cm³/mol. The molecule has 2 aromatic carbocycles. The Bertz CT molecular complexity index is 676. The van der Waals surface area contributed by atoms with E-state index in [0.29, 0.717) is 5.56 Å². The van der Waals surface area contributed by atoms with Crippen LogP contribution in [-0.4, -0.2) is 17.0 Å². The molecule has 0 spiro atoms. The molecule has 0 aliphatic carbocycles. The van der Waals surface area contributed by atoms with Gasteiger partial charge in [0.25, 0.3) is 5.91 Å². The predicted octanol–water partition coefficient (Wildman–Crippen LogP) is 3.14. The lowest BCUT2D eigenvalue weighted by Gasteiger charge is -2.15. The Morgan fingerprint density at radius 1 is 1.14 bits per heavy atom. The second kappa shape index (κ2) is 6.49. The van der Waals surface area contributed by atoms with E-state index in [4.69, 9.17) is 0 Å². The zero-order valence-corrected chi connectivity index (χ0v) is 12.3. The first kappa shape index (κ1) is 15.2. The summed E-state index contributed by atoms with van der Waals surface area (Å²) in [4.78, 5) is 23.5. The number of aliphatic carboxylic acids is 1. The van der Waals surface area contributed by atoms with Crippen LogP contribution in [0, 0.1) is 5.82 Å². The summed E-state index contributed by atoms with van der Waals surface area (Å²) in [5, 5.41) is 11.7. The molecule has 0 heterocycles. The normalized spacial score (nSPS) is 11.7. The number of carboxylic acid groups (broad SMARTS) is 1. The van der Waals surface area contributed by atoms with Gasteiger partial charge in [0, 0.05) is 4.47 Å². The lowest BCUT2D eigenvalue weighted by molar-refractivity contribution is -0.139. The van der Waals surface area contributed by atoms with Crippen LogP contribution in [-0.2, 0) is 4.79 Å². The van der Waals surface area contributed by atoms with Crippen LogP contribution in [0.2, 0.25) is 0 Å². The van der Waals surface area contributed by atoms with Gasteiger partial charge in [0.05, 0.1) is 5.56 Å². The first-order valence-corrected chi connectivity index (χ1v) is 6.82. The number of nitrogens with one attached hydrogen (secondary N) is 1. The molecule has 0 unspecified atom stereocenters. The Labute approximate surface area is 128 Å². The van der Waals surface area contributed by atoms with Gasteiger partial charge in [0.2, 0.25) is 0 Å². The van der Waals surface area contributed by atoms with Crippen molar-refractivity contribution in [3.8, 4) is 0 Å². The molecule has 6 heteroatoms. The van der Waals surface area contributed by atoms with Gasteiger partial charge in [-0.3, -0.25) is 4.79 Å². The molecule has 0 radical (unpaired) electrons. The van der Waals surface area contributed by atoms with Crippen molar-refractivity contribution >= 4 is 27.8 Å². The van der Waals surface area contributed by atoms with E-state index in [0.717, 1.165) is 12.1 Å². The summed E-state index contributed by atoms with van der Waals surface area (Å²) < 4.78 is 13.3. The molecular formula is C15H11BrFNO3. The first-order valence-electron chi connectivity index (χ1n) is 6.02. The van der Waals surface area contributed by atoms with E-state index in [1.54, 1.807) is 30.3 Å². The van der Waals surface area contributed by atoms with E-state index in [9.17, 15) is 19.1 Å². The minimum Gasteiger partial charge on any atom is -0.479 e. The maximum Gasteiger partial charge on any atom is 0.330 e. The number of carboxylic acids is 1. The summed E-state index contributed by atoms with van der Waals surface area (Å²) in [6.07, 6.45) is 0. The minimum atomic E-state index is -1.17. The monoisotopic (exact) mass is 351 g/mol. The Balaban J connectivity index is 2.25. The summed E-state index contributed by atoms with van der Waals surface area (Å²) >= 11 is 3.08. The van der Waals surface area contributed by atoms with E-state index < -0.39 is 23.7 Å². The number of rotatable bonds is 4. The fourth-order valence-electron chi connectivity index (χ4n) is 1.82. The molecule has 0 saturated heterocycles. The Morgan fingerprint density at radius 3 is 2.38 bits per heavy atom. The topological polar surface area (TPSA) is 66.4 Å². The number of halogens is 2. The van der Waals surface area contributed by atoms with Crippen LogP contribution in [0.3, 0.4) is 0 Å². The molecule has 1 amide bonds. The van der Waals surface area contributed by atoms with E-state index in [1.807, 2.05) is 0 Å². The van der Waals surface area contributed by atoms with Crippen molar-refractivity contribution in [2.45, 2.75) is 6.04 Å². The van der Waals surface area contributed by atoms with Gasteiger partial charge in [0.15, 0.2) is 6.04 Å². The number of amides is 1. The number of benzene rings is 2. The van der Waals surface area contributed by atoms with Gasteiger partial charge in [0.1, 0.15) is 5.82 Å². The van der Waals surface area contributed by atoms with Crippen molar-refractivity contribution in [3.05, 3.63) is 69.9 Å². The highest BCUT2D eigenvalue weighted by Crippen LogP contribution is 2.20. The molecule has 2 N–H and O–H groups in total. The van der Waals surface area contributed by atoms with Crippen LogP contribution < -0.4 is 5.32 Å². The van der Waals surface area contributed by atoms with Crippen molar-refractivity contribution in [2.75, 3.05) is 0 Å². The number of hydrogen-bond donors (Lipinski definition) is 2. The molecule has 0 saturated carbocycles. The molecule has 21 heavy (non-hydrogen) atoms. The van der Waals surface area contributed by atoms with Crippen LogP contribution in [0.4, 0.5) is 4.39 Å². The third kappa shape index (κ3) is 3.66. The second-order valence-corrected chi connectivity index (χ2v) is 5.13. The standard InChI is InChI=1S/C15H11BrFNO3/c16-12-8-10(17)6-7-11(12)14(19)18-13(15(20)21)9-4-2-1-3-5-9/h1-8,13H,(H,18,19)(H,20,21)/t13-/m0/s1. The number of carbonyl (C=O) groups excluding carboxylic acids is 1. The Kier molecular flexibility index (Phi) is 4.70. The summed E-state index contributed by atoms with van der Waals surface area (Å²) in [5.41, 5.74) is 0.621. The highest BCUT2D eigenvalue weighted by Gasteiger charge is 2.23. The fraction of sp³-hybridized carbons (Fsp3) is 0.0667. The molecule has 0 aliphatic heterocycles. The average molecular weight is 352 g/mol. The van der Waals surface area contributed by atoms with Gasteiger partial charge in [-0.1, -0.05) is 30.3 Å². The van der Waals surface area contributed by atoms with Crippen LogP contribution >= 0.6 is 15.9 Å². The zero-order chi connectivity index (χ0) is 15.4. The fourth-order valence-corrected chi connectivity index (χ4v) is 2.35. The third-order valence-corrected chi connectivity index (χ3v) is 3.49. The maximum atomic E-state index is 13.0. The third-order valence-electron chi connectivity index (χ3n) is 2.83. The van der Waals surface area contributed by atoms with Crippen molar-refractivity contribution < 1.29 is 19.1 Å². The van der Waals surface area contributed by atoms with Crippen molar-refractivity contribution in [1.29, 1.82) is 0 Å². The van der Waals surface area contributed by atoms with Crippen LogP contribution in [0.25, 0.3) is 0 Å². The van der Waals surface area contributed by atoms with Crippen LogP contribution in [0.15, 0.2) is 53.0 Å². The van der Waals surface area contributed by atoms with Gasteiger partial charge >= 0.3 is 5.97 Å². The quantitative estimate of drug-likeness (QED) is 0.889. The van der Waals surface area contributed by atoms with Crippen LogP contribution in [0.1, 0.15) is 22.0 Å². The zero-order valence-electron chi connectivity index (χ0n) is 10.7. The Morgan fingerprint density at radius 2 is 1.81 bits per heavy atom.